The van der Waals surface area contributed by atoms with Crippen molar-refractivity contribution >= 4 is 11.6 Å². The molecule has 1 aromatic carbocycles. The Morgan fingerprint density at radius 1 is 1.19 bits per heavy atom. The van der Waals surface area contributed by atoms with Crippen molar-refractivity contribution < 1.29 is 18.9 Å². The molecule has 0 atom stereocenters. The van der Waals surface area contributed by atoms with Crippen LogP contribution in [-0.4, -0.2) is 56.6 Å². The summed E-state index contributed by atoms with van der Waals surface area (Å²) in [5.74, 6) is 0.651. The van der Waals surface area contributed by atoms with Crippen LogP contribution in [0.2, 0.25) is 0 Å². The fraction of sp³-hybridized carbons (Fsp3) is 0.333. The maximum Gasteiger partial charge on any atom is 0.310 e. The van der Waals surface area contributed by atoms with E-state index < -0.39 is 4.92 Å². The van der Waals surface area contributed by atoms with E-state index in [1.165, 1.54) is 12.1 Å². The van der Waals surface area contributed by atoms with Crippen LogP contribution in [0.4, 0.5) is 5.69 Å². The van der Waals surface area contributed by atoms with Crippen LogP contribution in [0.1, 0.15) is 21.9 Å². The molecule has 0 bridgehead atoms. The first kappa shape index (κ1) is 20.6. The smallest absolute Gasteiger partial charge is 0.310 e. The minimum absolute atomic E-state index is 0.00295. The molecule has 4 rings (SSSR count). The average Bonchev–Trinajstić information content (AvgIpc) is 3.41. The van der Waals surface area contributed by atoms with Gasteiger partial charge in [-0.05, 0) is 18.2 Å². The molecule has 0 radical (unpaired) electrons. The summed E-state index contributed by atoms with van der Waals surface area (Å²) in [6.07, 6.45) is 3.85. The van der Waals surface area contributed by atoms with Gasteiger partial charge in [0, 0.05) is 57.6 Å². The average molecular weight is 425 g/mol. The quantitative estimate of drug-likeness (QED) is 0.423. The lowest BCUT2D eigenvalue weighted by molar-refractivity contribution is -0.386. The zero-order valence-electron chi connectivity index (χ0n) is 17.1. The molecule has 0 saturated carbocycles. The van der Waals surface area contributed by atoms with E-state index in [-0.39, 0.29) is 29.7 Å². The number of aromatic nitrogens is 2. The normalized spacial score (nSPS) is 14.5. The van der Waals surface area contributed by atoms with Crippen molar-refractivity contribution in [2.75, 3.05) is 26.2 Å². The lowest BCUT2D eigenvalue weighted by Crippen LogP contribution is -2.48. The van der Waals surface area contributed by atoms with Crippen molar-refractivity contribution in [3.63, 3.8) is 0 Å². The molecule has 0 unspecified atom stereocenters. The molecule has 10 heteroatoms. The molecule has 1 saturated heterocycles. The van der Waals surface area contributed by atoms with E-state index in [2.05, 4.69) is 10.00 Å². The van der Waals surface area contributed by atoms with Crippen molar-refractivity contribution in [2.24, 2.45) is 7.05 Å². The number of ether oxygens (including phenoxy) is 1. The number of nitro groups is 1. The molecule has 1 fully saturated rings. The van der Waals surface area contributed by atoms with Gasteiger partial charge in [-0.15, -0.1) is 0 Å². The van der Waals surface area contributed by atoms with Crippen LogP contribution in [0.15, 0.2) is 53.2 Å². The molecule has 0 N–H and O–H groups in total. The molecule has 0 aliphatic carbocycles. The number of nitrogens with zero attached hydrogens (tertiary/aromatic N) is 5. The minimum atomic E-state index is -0.500. The van der Waals surface area contributed by atoms with Crippen LogP contribution < -0.4 is 4.74 Å². The van der Waals surface area contributed by atoms with Gasteiger partial charge in [-0.25, -0.2) is 0 Å². The highest BCUT2D eigenvalue weighted by Crippen LogP contribution is 2.27. The van der Waals surface area contributed by atoms with Gasteiger partial charge in [0.15, 0.2) is 11.5 Å². The summed E-state index contributed by atoms with van der Waals surface area (Å²) in [5, 5.41) is 15.3. The Morgan fingerprint density at radius 2 is 1.97 bits per heavy atom. The van der Waals surface area contributed by atoms with E-state index in [9.17, 15) is 14.9 Å². The molecular weight excluding hydrogens is 402 g/mol. The Balaban J connectivity index is 1.30. The first-order chi connectivity index (χ1) is 15.0. The minimum Gasteiger partial charge on any atom is -0.479 e. The summed E-state index contributed by atoms with van der Waals surface area (Å²) in [6.45, 7) is 3.58. The lowest BCUT2D eigenvalue weighted by Gasteiger charge is -2.34. The van der Waals surface area contributed by atoms with Gasteiger partial charge in [0.05, 0.1) is 11.1 Å². The maximum absolute atomic E-state index is 12.8. The summed E-state index contributed by atoms with van der Waals surface area (Å²) in [7, 11) is 1.89. The van der Waals surface area contributed by atoms with Gasteiger partial charge in [0.1, 0.15) is 12.4 Å². The van der Waals surface area contributed by atoms with Crippen LogP contribution in [0.5, 0.6) is 5.75 Å². The van der Waals surface area contributed by atoms with Crippen LogP contribution in [0.25, 0.3) is 0 Å². The predicted octanol–water partition coefficient (Wildman–Crippen LogP) is 2.46. The number of hydrogen-bond acceptors (Lipinski definition) is 7. The van der Waals surface area contributed by atoms with E-state index in [0.717, 1.165) is 25.2 Å². The van der Waals surface area contributed by atoms with Crippen LogP contribution in [-0.2, 0) is 20.2 Å². The molecule has 162 valence electrons. The van der Waals surface area contributed by atoms with E-state index >= 15 is 0 Å². The Labute approximate surface area is 178 Å². The van der Waals surface area contributed by atoms with E-state index in [4.69, 9.17) is 9.15 Å². The second kappa shape index (κ2) is 9.00. The van der Waals surface area contributed by atoms with E-state index in [1.54, 1.807) is 33.8 Å². The van der Waals surface area contributed by atoms with Gasteiger partial charge in [-0.2, -0.15) is 5.10 Å². The zero-order valence-corrected chi connectivity index (χ0v) is 17.1. The molecule has 0 spiro atoms. The Hall–Kier alpha value is -3.66. The molecular formula is C21H23N5O5. The highest BCUT2D eigenvalue weighted by atomic mass is 16.6. The largest absolute Gasteiger partial charge is 0.479 e. The van der Waals surface area contributed by atoms with Gasteiger partial charge in [0.2, 0.25) is 0 Å². The van der Waals surface area contributed by atoms with Crippen LogP contribution in [0, 0.1) is 10.1 Å². The third-order valence-electron chi connectivity index (χ3n) is 5.13. The molecule has 3 heterocycles. The fourth-order valence-electron chi connectivity index (χ4n) is 3.53. The monoisotopic (exact) mass is 425 g/mol. The summed E-state index contributed by atoms with van der Waals surface area (Å²) < 4.78 is 12.9. The van der Waals surface area contributed by atoms with Gasteiger partial charge >= 0.3 is 5.69 Å². The fourth-order valence-corrected chi connectivity index (χ4v) is 3.53. The lowest BCUT2D eigenvalue weighted by atomic mass is 10.2. The molecule has 2 aromatic heterocycles. The number of para-hydroxylation sites is 2. The third-order valence-corrected chi connectivity index (χ3v) is 5.13. The topological polar surface area (TPSA) is 107 Å². The van der Waals surface area contributed by atoms with Gasteiger partial charge in [0.25, 0.3) is 5.91 Å². The Bertz CT molecular complexity index is 1070. The van der Waals surface area contributed by atoms with Crippen molar-refractivity contribution in [3.8, 4) is 5.75 Å². The van der Waals surface area contributed by atoms with Gasteiger partial charge < -0.3 is 14.1 Å². The highest BCUT2D eigenvalue weighted by Gasteiger charge is 2.24. The molecule has 10 nitrogen and oxygen atoms in total. The summed E-state index contributed by atoms with van der Waals surface area (Å²) >= 11 is 0. The number of piperazine rings is 1. The number of furan rings is 1. The Kier molecular flexibility index (Phi) is 5.99. The summed E-state index contributed by atoms with van der Waals surface area (Å²) in [4.78, 5) is 27.4. The van der Waals surface area contributed by atoms with Gasteiger partial charge in [-0.1, -0.05) is 12.1 Å². The molecule has 3 aromatic rings. The maximum atomic E-state index is 12.8. The molecule has 31 heavy (non-hydrogen) atoms. The second-order valence-corrected chi connectivity index (χ2v) is 7.37. The Morgan fingerprint density at radius 3 is 2.68 bits per heavy atom. The third kappa shape index (κ3) is 4.92. The van der Waals surface area contributed by atoms with Crippen LogP contribution in [0.3, 0.4) is 0 Å². The SMILES string of the molecule is Cn1cc(CN2CCN(C(=O)c3ccc(COc4ccccc4[N+](=O)[O-])o3)CC2)cn1. The second-order valence-electron chi connectivity index (χ2n) is 7.37. The zero-order chi connectivity index (χ0) is 21.8. The number of rotatable bonds is 7. The number of benzene rings is 1. The molecule has 1 amide bonds. The van der Waals surface area contributed by atoms with Gasteiger partial charge in [-0.3, -0.25) is 24.5 Å². The summed E-state index contributed by atoms with van der Waals surface area (Å²) in [6, 6.07) is 9.40. The van der Waals surface area contributed by atoms with Crippen molar-refractivity contribution in [1.29, 1.82) is 0 Å². The van der Waals surface area contributed by atoms with E-state index in [1.807, 2.05) is 19.4 Å². The number of carbonyl (C=O) groups excluding carboxylic acids is 1. The standard InChI is InChI=1S/C21H23N5O5/c1-23-13-16(12-22-23)14-24-8-10-25(11-9-24)21(27)20-7-6-17(31-20)15-30-19-5-3-2-4-18(19)26(28)29/h2-7,12-13H,8-11,14-15H2,1H3. The van der Waals surface area contributed by atoms with Crippen molar-refractivity contribution in [3.05, 3.63) is 76.0 Å². The van der Waals surface area contributed by atoms with Crippen molar-refractivity contribution in [2.45, 2.75) is 13.2 Å². The van der Waals surface area contributed by atoms with Crippen molar-refractivity contribution in [1.82, 2.24) is 19.6 Å². The summed E-state index contributed by atoms with van der Waals surface area (Å²) in [5.41, 5.74) is 1.03. The number of nitro benzene ring substituents is 1. The number of carbonyl (C=O) groups is 1. The van der Waals surface area contributed by atoms with E-state index in [0.29, 0.717) is 18.8 Å². The first-order valence-corrected chi connectivity index (χ1v) is 9.93. The number of aryl methyl sites for hydroxylation is 1. The molecule has 1 aliphatic heterocycles. The highest BCUT2D eigenvalue weighted by molar-refractivity contribution is 5.91. The molecule has 1 aliphatic rings. The number of amides is 1. The first-order valence-electron chi connectivity index (χ1n) is 9.93. The predicted molar refractivity (Wildman–Crippen MR) is 111 cm³/mol. The number of hydrogen-bond donors (Lipinski definition) is 0. The van der Waals surface area contributed by atoms with Crippen LogP contribution >= 0.6 is 0 Å².